The van der Waals surface area contributed by atoms with Crippen molar-refractivity contribution >= 4 is 23.5 Å². The number of rotatable bonds is 7. The summed E-state index contributed by atoms with van der Waals surface area (Å²) in [5.41, 5.74) is 1.04. The predicted molar refractivity (Wildman–Crippen MR) is 114 cm³/mol. The van der Waals surface area contributed by atoms with Gasteiger partial charge in [-0.1, -0.05) is 17.7 Å². The topological polar surface area (TPSA) is 69.2 Å². The summed E-state index contributed by atoms with van der Waals surface area (Å²) in [5.74, 6) is 1.72. The van der Waals surface area contributed by atoms with Gasteiger partial charge in [0.2, 0.25) is 5.91 Å². The predicted octanol–water partition coefficient (Wildman–Crippen LogP) is 1.96. The van der Waals surface area contributed by atoms with Crippen molar-refractivity contribution < 1.29 is 9.53 Å². The molecule has 1 aliphatic heterocycles. The smallest absolute Gasteiger partial charge is 0.234 e. The van der Waals surface area contributed by atoms with Crippen LogP contribution in [0.25, 0.3) is 0 Å². The third-order valence-corrected chi connectivity index (χ3v) is 4.70. The third kappa shape index (κ3) is 6.87. The summed E-state index contributed by atoms with van der Waals surface area (Å²) in [5, 5.41) is 7.01. The van der Waals surface area contributed by atoms with Crippen LogP contribution in [0.1, 0.15) is 26.3 Å². The van der Waals surface area contributed by atoms with Crippen molar-refractivity contribution in [1.29, 1.82) is 0 Å². The Morgan fingerprint density at radius 2 is 2.00 bits per heavy atom. The monoisotopic (exact) mass is 409 g/mol. The number of piperazine rings is 1. The lowest BCUT2D eigenvalue weighted by Gasteiger charge is -2.36. The fourth-order valence-electron chi connectivity index (χ4n) is 3.16. The number of hydrogen-bond acceptors (Lipinski definition) is 4. The van der Waals surface area contributed by atoms with E-state index < -0.39 is 0 Å². The van der Waals surface area contributed by atoms with Crippen LogP contribution in [0.2, 0.25) is 5.02 Å². The van der Waals surface area contributed by atoms with Crippen molar-refractivity contribution in [1.82, 2.24) is 20.4 Å². The number of nitrogens with zero attached hydrogens (tertiary/aromatic N) is 3. The van der Waals surface area contributed by atoms with Crippen molar-refractivity contribution in [3.8, 4) is 5.75 Å². The molecule has 0 saturated carbocycles. The van der Waals surface area contributed by atoms with Gasteiger partial charge in [0, 0.05) is 56.4 Å². The maximum Gasteiger partial charge on any atom is 0.234 e. The minimum Gasteiger partial charge on any atom is -0.493 e. The first kappa shape index (κ1) is 22.3. The fourth-order valence-corrected chi connectivity index (χ4v) is 3.32. The molecular weight excluding hydrogens is 378 g/mol. The van der Waals surface area contributed by atoms with Crippen LogP contribution in [-0.2, 0) is 11.3 Å². The second-order valence-electron chi connectivity index (χ2n) is 7.07. The van der Waals surface area contributed by atoms with E-state index in [1.54, 1.807) is 7.05 Å². The Balaban J connectivity index is 1.86. The van der Waals surface area contributed by atoms with Gasteiger partial charge >= 0.3 is 0 Å². The minimum absolute atomic E-state index is 0.0807. The molecule has 1 aromatic rings. The number of carbonyl (C=O) groups excluding carboxylic acids is 1. The maximum absolute atomic E-state index is 11.9. The van der Waals surface area contributed by atoms with Crippen LogP contribution in [0.4, 0.5) is 0 Å². The summed E-state index contributed by atoms with van der Waals surface area (Å²) in [6.45, 7) is 10.9. The molecule has 156 valence electrons. The van der Waals surface area contributed by atoms with Gasteiger partial charge in [0.05, 0.1) is 13.2 Å². The number of hydrogen-bond donors (Lipinski definition) is 2. The number of carbonyl (C=O) groups is 1. The minimum atomic E-state index is 0.0807. The molecule has 1 aromatic carbocycles. The zero-order chi connectivity index (χ0) is 20.5. The van der Waals surface area contributed by atoms with E-state index in [0.717, 1.165) is 43.5 Å². The summed E-state index contributed by atoms with van der Waals surface area (Å²) in [6.07, 6.45) is 0. The average Bonchev–Trinajstić information content (AvgIpc) is 2.64. The normalized spacial score (nSPS) is 15.6. The lowest BCUT2D eigenvalue weighted by atomic mass is 10.2. The van der Waals surface area contributed by atoms with Crippen molar-refractivity contribution in [2.75, 3.05) is 46.4 Å². The van der Waals surface area contributed by atoms with Crippen LogP contribution in [0.15, 0.2) is 23.2 Å². The molecule has 0 bridgehead atoms. The number of ether oxygens (including phenoxy) is 1. The molecule has 0 atom stereocenters. The zero-order valence-corrected chi connectivity index (χ0v) is 18.1. The molecule has 2 rings (SSSR count). The number of nitrogens with one attached hydrogen (secondary N) is 2. The van der Waals surface area contributed by atoms with Crippen LogP contribution in [0, 0.1) is 0 Å². The molecule has 0 aliphatic carbocycles. The molecule has 1 saturated heterocycles. The Kier molecular flexibility index (Phi) is 8.86. The second kappa shape index (κ2) is 11.1. The molecule has 8 heteroatoms. The van der Waals surface area contributed by atoms with Crippen LogP contribution in [0.5, 0.6) is 5.75 Å². The van der Waals surface area contributed by atoms with E-state index >= 15 is 0 Å². The molecule has 7 nitrogen and oxygen atoms in total. The summed E-state index contributed by atoms with van der Waals surface area (Å²) in [6, 6.07) is 5.85. The largest absolute Gasteiger partial charge is 0.493 e. The van der Waals surface area contributed by atoms with Crippen molar-refractivity contribution in [2.45, 2.75) is 33.4 Å². The number of benzene rings is 1. The molecule has 0 radical (unpaired) electrons. The molecule has 1 fully saturated rings. The van der Waals surface area contributed by atoms with Gasteiger partial charge in [0.25, 0.3) is 0 Å². The first-order chi connectivity index (χ1) is 13.4. The zero-order valence-electron chi connectivity index (χ0n) is 17.3. The van der Waals surface area contributed by atoms with Gasteiger partial charge in [0.1, 0.15) is 5.75 Å². The van der Waals surface area contributed by atoms with E-state index in [0.29, 0.717) is 24.7 Å². The molecular formula is C20H32ClN5O2. The van der Waals surface area contributed by atoms with E-state index in [-0.39, 0.29) is 11.9 Å². The fraction of sp³-hybridized carbons (Fsp3) is 0.600. The molecule has 0 aromatic heterocycles. The highest BCUT2D eigenvalue weighted by Crippen LogP contribution is 2.23. The molecule has 1 aliphatic rings. The van der Waals surface area contributed by atoms with Gasteiger partial charge in [-0.05, 0) is 32.9 Å². The maximum atomic E-state index is 11.9. The van der Waals surface area contributed by atoms with Crippen LogP contribution in [0.3, 0.4) is 0 Å². The molecule has 1 heterocycles. The Morgan fingerprint density at radius 1 is 1.29 bits per heavy atom. The molecule has 1 amide bonds. The first-order valence-corrected chi connectivity index (χ1v) is 10.2. The highest BCUT2D eigenvalue weighted by Gasteiger charge is 2.21. The lowest BCUT2D eigenvalue weighted by Crippen LogP contribution is -2.54. The Bertz CT molecular complexity index is 673. The standard InChI is InChI=1S/C20H32ClN5O2/c1-5-28-18-12-17(21)7-6-16(18)13-23-20(22-4)26-10-8-25(9-11-26)14-19(27)24-15(2)3/h6-7,12,15H,5,8-11,13-14H2,1-4H3,(H,22,23)(H,24,27). The van der Waals surface area contributed by atoms with Crippen LogP contribution >= 0.6 is 11.6 Å². The summed E-state index contributed by atoms with van der Waals surface area (Å²) < 4.78 is 5.69. The number of amides is 1. The molecule has 2 N–H and O–H groups in total. The van der Waals surface area contributed by atoms with Gasteiger partial charge in [0.15, 0.2) is 5.96 Å². The van der Waals surface area contributed by atoms with E-state index in [4.69, 9.17) is 16.3 Å². The number of halogens is 1. The average molecular weight is 410 g/mol. The molecule has 0 spiro atoms. The van der Waals surface area contributed by atoms with Crippen molar-refractivity contribution in [3.05, 3.63) is 28.8 Å². The summed E-state index contributed by atoms with van der Waals surface area (Å²) >= 11 is 6.08. The van der Waals surface area contributed by atoms with Crippen LogP contribution < -0.4 is 15.4 Å². The highest BCUT2D eigenvalue weighted by molar-refractivity contribution is 6.30. The third-order valence-electron chi connectivity index (χ3n) is 4.47. The summed E-state index contributed by atoms with van der Waals surface area (Å²) in [7, 11) is 1.79. The highest BCUT2D eigenvalue weighted by atomic mass is 35.5. The Hall–Kier alpha value is -1.99. The van der Waals surface area contributed by atoms with Gasteiger partial charge in [-0.25, -0.2) is 0 Å². The van der Waals surface area contributed by atoms with Gasteiger partial charge < -0.3 is 20.3 Å². The van der Waals surface area contributed by atoms with E-state index in [9.17, 15) is 4.79 Å². The molecule has 28 heavy (non-hydrogen) atoms. The second-order valence-corrected chi connectivity index (χ2v) is 7.51. The summed E-state index contributed by atoms with van der Waals surface area (Å²) in [4.78, 5) is 20.7. The number of aliphatic imine (C=N–C) groups is 1. The van der Waals surface area contributed by atoms with E-state index in [2.05, 4.69) is 25.4 Å². The van der Waals surface area contributed by atoms with Gasteiger partial charge in [-0.15, -0.1) is 0 Å². The van der Waals surface area contributed by atoms with Gasteiger partial charge in [-0.3, -0.25) is 14.7 Å². The van der Waals surface area contributed by atoms with Gasteiger partial charge in [-0.2, -0.15) is 0 Å². The number of guanidine groups is 1. The Morgan fingerprint density at radius 3 is 2.61 bits per heavy atom. The first-order valence-electron chi connectivity index (χ1n) is 9.81. The quantitative estimate of drug-likeness (QED) is 0.532. The van der Waals surface area contributed by atoms with E-state index in [1.165, 1.54) is 0 Å². The lowest BCUT2D eigenvalue weighted by molar-refractivity contribution is -0.123. The molecule has 0 unspecified atom stereocenters. The van der Waals surface area contributed by atoms with Crippen molar-refractivity contribution in [2.24, 2.45) is 4.99 Å². The van der Waals surface area contributed by atoms with E-state index in [1.807, 2.05) is 39.0 Å². The Labute approximate surface area is 173 Å². The van der Waals surface area contributed by atoms with Crippen LogP contribution in [-0.4, -0.2) is 74.1 Å². The SMILES string of the molecule is CCOc1cc(Cl)ccc1CNC(=NC)N1CCN(CC(=O)NC(C)C)CC1. The van der Waals surface area contributed by atoms with Crippen molar-refractivity contribution in [3.63, 3.8) is 0 Å².